The van der Waals surface area contributed by atoms with E-state index in [1.165, 1.54) is 0 Å². The highest BCUT2D eigenvalue weighted by Gasteiger charge is 2.23. The number of aliphatic hydroxyl groups is 5. The van der Waals surface area contributed by atoms with E-state index in [0.717, 1.165) is 6.42 Å². The number of rotatable bonds is 9. The lowest BCUT2D eigenvalue weighted by Gasteiger charge is -2.08. The third-order valence-electron chi connectivity index (χ3n) is 2.44. The summed E-state index contributed by atoms with van der Waals surface area (Å²) in [6.45, 7) is 0.476. The average molecular weight is 402 g/mol. The zero-order valence-corrected chi connectivity index (χ0v) is 14.6. The molecule has 0 aromatic carbocycles. The van der Waals surface area contributed by atoms with E-state index in [9.17, 15) is 9.59 Å². The van der Waals surface area contributed by atoms with Gasteiger partial charge in [-0.2, -0.15) is 0 Å². The molecule has 0 aromatic heterocycles. The molecule has 1 heterocycles. The fourth-order valence-corrected chi connectivity index (χ4v) is 1.09. The molecule has 1 amide bonds. The number of carbonyl (C=O) groups excluding carboxylic acids is 2. The van der Waals surface area contributed by atoms with Crippen molar-refractivity contribution in [2.75, 3.05) is 52.7 Å². The molecule has 2 atom stereocenters. The Morgan fingerprint density at radius 3 is 2.22 bits per heavy atom. The predicted molar refractivity (Wildman–Crippen MR) is 94.9 cm³/mol. The van der Waals surface area contributed by atoms with Crippen LogP contribution in [0.2, 0.25) is 0 Å². The molecular weight excluding hydrogens is 368 g/mol. The molecule has 0 aliphatic carbocycles. The minimum Gasteiger partial charge on any atom is -0.447 e. The maximum Gasteiger partial charge on any atom is 0.508 e. The van der Waals surface area contributed by atoms with E-state index in [1.807, 2.05) is 0 Å². The molecule has 0 spiro atoms. The van der Waals surface area contributed by atoms with Crippen molar-refractivity contribution in [3.05, 3.63) is 0 Å². The van der Waals surface area contributed by atoms with Gasteiger partial charge in [0.05, 0.1) is 13.2 Å². The van der Waals surface area contributed by atoms with E-state index in [0.29, 0.717) is 19.5 Å². The van der Waals surface area contributed by atoms with Crippen LogP contribution in [0, 0.1) is 0 Å². The number of nitrogens with one attached hydrogen (secondary N) is 1. The minimum atomic E-state index is -1.04. The summed E-state index contributed by atoms with van der Waals surface area (Å²) in [7, 11) is 0. The van der Waals surface area contributed by atoms with Crippen LogP contribution in [0.3, 0.4) is 0 Å². The van der Waals surface area contributed by atoms with Crippen LogP contribution in [0.4, 0.5) is 9.59 Å². The molecule has 1 aliphatic heterocycles. The normalized spacial score (nSPS) is 15.5. The molecule has 0 bridgehead atoms. The lowest BCUT2D eigenvalue weighted by molar-refractivity contribution is 0.0321. The van der Waals surface area contributed by atoms with Gasteiger partial charge in [0.15, 0.2) is 6.10 Å². The zero-order valence-electron chi connectivity index (χ0n) is 14.6. The lowest BCUT2D eigenvalue weighted by Crippen LogP contribution is -2.30. The summed E-state index contributed by atoms with van der Waals surface area (Å²) in [5.41, 5.74) is 4.98. The highest BCUT2D eigenvalue weighted by atomic mass is 16.8. The number of amides is 1. The van der Waals surface area contributed by atoms with Gasteiger partial charge in [0, 0.05) is 19.8 Å². The van der Waals surface area contributed by atoms with E-state index in [1.54, 1.807) is 0 Å². The monoisotopic (exact) mass is 402 g/mol. The molecule has 12 nitrogen and oxygen atoms in total. The molecule has 0 radical (unpaired) electrons. The second-order valence-corrected chi connectivity index (χ2v) is 4.79. The number of carbonyl (C=O) groups is 2. The van der Waals surface area contributed by atoms with Crippen LogP contribution in [0.15, 0.2) is 0 Å². The van der Waals surface area contributed by atoms with Crippen LogP contribution in [0.25, 0.3) is 0 Å². The molecule has 12 heteroatoms. The maximum atomic E-state index is 10.7. The number of hydrogen-bond donors (Lipinski definition) is 7. The molecule has 0 aromatic rings. The second kappa shape index (κ2) is 22.3. The minimum absolute atomic E-state index is 0. The number of nitrogens with two attached hydrogens (primary N) is 1. The number of ether oxygens (including phenoxy) is 3. The first-order valence-corrected chi connectivity index (χ1v) is 8.00. The molecule has 164 valence electrons. The van der Waals surface area contributed by atoms with Gasteiger partial charge in [-0.1, -0.05) is 7.43 Å². The van der Waals surface area contributed by atoms with Crippen molar-refractivity contribution in [1.29, 1.82) is 0 Å². The summed E-state index contributed by atoms with van der Waals surface area (Å²) < 4.78 is 13.2. The Bertz CT molecular complexity index is 345. The van der Waals surface area contributed by atoms with Crippen molar-refractivity contribution in [2.45, 2.75) is 32.5 Å². The number of aliphatic hydroxyl groups excluding tert-OH is 5. The quantitative estimate of drug-likeness (QED) is 0.165. The fourth-order valence-electron chi connectivity index (χ4n) is 1.09. The summed E-state index contributed by atoms with van der Waals surface area (Å²) in [6.07, 6.45) is -1.66. The van der Waals surface area contributed by atoms with E-state index in [2.05, 4.69) is 19.5 Å². The Kier molecular flexibility index (Phi) is 24.9. The van der Waals surface area contributed by atoms with Crippen molar-refractivity contribution in [3.8, 4) is 0 Å². The summed E-state index contributed by atoms with van der Waals surface area (Å²) in [6, 6.07) is 0. The Hall–Kier alpha value is -1.70. The van der Waals surface area contributed by atoms with Crippen LogP contribution < -0.4 is 11.1 Å². The van der Waals surface area contributed by atoms with Gasteiger partial charge in [0.25, 0.3) is 0 Å². The van der Waals surface area contributed by atoms with Gasteiger partial charge in [-0.05, 0) is 19.4 Å². The van der Waals surface area contributed by atoms with Gasteiger partial charge < -0.3 is 50.8 Å². The lowest BCUT2D eigenvalue weighted by atomic mass is 10.4. The SMILES string of the molecule is C.NCCCO.O=C(NCCCO)OCC(O)CO.O=C1OCC(CO)O1. The van der Waals surface area contributed by atoms with Crippen LogP contribution >= 0.6 is 0 Å². The molecule has 1 aliphatic rings. The third-order valence-corrected chi connectivity index (χ3v) is 2.44. The number of alkyl carbamates (subject to hydrolysis) is 1. The molecule has 27 heavy (non-hydrogen) atoms. The Balaban J connectivity index is -0.000000350. The van der Waals surface area contributed by atoms with Gasteiger partial charge >= 0.3 is 12.2 Å². The summed E-state index contributed by atoms with van der Waals surface area (Å²) in [4.78, 5) is 20.8. The average Bonchev–Trinajstić information content (AvgIpc) is 3.07. The van der Waals surface area contributed by atoms with Gasteiger partial charge in [-0.25, -0.2) is 9.59 Å². The van der Waals surface area contributed by atoms with Crippen LogP contribution in [-0.4, -0.2) is 103 Å². The van der Waals surface area contributed by atoms with E-state index in [4.69, 9.17) is 31.3 Å². The first kappa shape index (κ1) is 30.0. The molecule has 0 saturated carbocycles. The second-order valence-electron chi connectivity index (χ2n) is 4.79. The number of cyclic esters (lactones) is 2. The summed E-state index contributed by atoms with van der Waals surface area (Å²) in [5.74, 6) is 0. The van der Waals surface area contributed by atoms with Crippen molar-refractivity contribution in [1.82, 2.24) is 5.32 Å². The Labute approximate surface area is 158 Å². The van der Waals surface area contributed by atoms with Crippen molar-refractivity contribution < 1.29 is 49.3 Å². The van der Waals surface area contributed by atoms with Crippen LogP contribution in [0.5, 0.6) is 0 Å². The zero-order chi connectivity index (χ0) is 20.2. The van der Waals surface area contributed by atoms with Crippen LogP contribution in [-0.2, 0) is 14.2 Å². The molecular formula is C15H34N2O10. The highest BCUT2D eigenvalue weighted by molar-refractivity contribution is 5.67. The highest BCUT2D eigenvalue weighted by Crippen LogP contribution is 2.03. The van der Waals surface area contributed by atoms with E-state index in [-0.39, 0.29) is 40.5 Å². The molecule has 1 fully saturated rings. The Morgan fingerprint density at radius 2 is 1.89 bits per heavy atom. The number of hydrogen-bond acceptors (Lipinski definition) is 11. The standard InChI is InChI=1S/C7H15NO5.C4H6O4.C3H9NO.CH4/c9-3-1-2-8-7(12)13-5-6(11)4-10;5-1-3-2-7-4(6)8-3;4-2-1-3-5;/h6,9-11H,1-5H2,(H,8,12);3,5H,1-2H2;5H,1-4H2;1H4. The van der Waals surface area contributed by atoms with Crippen LogP contribution in [0.1, 0.15) is 20.3 Å². The Morgan fingerprint density at radius 1 is 1.26 bits per heavy atom. The van der Waals surface area contributed by atoms with Gasteiger partial charge in [0.2, 0.25) is 0 Å². The van der Waals surface area contributed by atoms with Gasteiger partial charge in [-0.15, -0.1) is 0 Å². The molecule has 1 rings (SSSR count). The first-order chi connectivity index (χ1) is 12.4. The fraction of sp³-hybridized carbons (Fsp3) is 0.867. The molecule has 2 unspecified atom stereocenters. The van der Waals surface area contributed by atoms with E-state index < -0.39 is 31.1 Å². The van der Waals surface area contributed by atoms with E-state index >= 15 is 0 Å². The topological polar surface area (TPSA) is 201 Å². The van der Waals surface area contributed by atoms with Crippen molar-refractivity contribution >= 4 is 12.2 Å². The largest absolute Gasteiger partial charge is 0.508 e. The smallest absolute Gasteiger partial charge is 0.447 e. The van der Waals surface area contributed by atoms with Gasteiger partial charge in [-0.3, -0.25) is 0 Å². The molecule has 1 saturated heterocycles. The predicted octanol–water partition coefficient (Wildman–Crippen LogP) is -2.07. The molecule has 8 N–H and O–H groups in total. The van der Waals surface area contributed by atoms with Gasteiger partial charge in [0.1, 0.15) is 19.3 Å². The summed E-state index contributed by atoms with van der Waals surface area (Å²) >= 11 is 0. The first-order valence-electron chi connectivity index (χ1n) is 8.00. The maximum absolute atomic E-state index is 10.7. The summed E-state index contributed by atoms with van der Waals surface area (Å²) in [5, 5.41) is 44.2. The van der Waals surface area contributed by atoms with Crippen molar-refractivity contribution in [3.63, 3.8) is 0 Å². The third kappa shape index (κ3) is 22.3. The van der Waals surface area contributed by atoms with Crippen molar-refractivity contribution in [2.24, 2.45) is 5.73 Å².